The van der Waals surface area contributed by atoms with Crippen LogP contribution in [0.3, 0.4) is 0 Å². The van der Waals surface area contributed by atoms with Crippen molar-refractivity contribution in [2.24, 2.45) is 5.92 Å². The maximum absolute atomic E-state index is 11.3. The Labute approximate surface area is 104 Å². The Kier molecular flexibility index (Phi) is 6.76. The van der Waals surface area contributed by atoms with E-state index in [9.17, 15) is 4.79 Å². The molecule has 0 bridgehead atoms. The molecule has 0 saturated carbocycles. The molecule has 2 N–H and O–H groups in total. The lowest BCUT2D eigenvalue weighted by Crippen LogP contribution is -2.33. The van der Waals surface area contributed by atoms with E-state index in [1.165, 1.54) is 6.42 Å². The second-order valence-electron chi connectivity index (χ2n) is 5.08. The number of hydrogen-bond acceptors (Lipinski definition) is 3. The fourth-order valence-electron chi connectivity index (χ4n) is 1.65. The first-order chi connectivity index (χ1) is 6.97. The number of alkyl carbamates (subject to hydrolysis) is 1. The molecule has 1 aliphatic rings. The number of hydrogen-bond donors (Lipinski definition) is 2. The highest BCUT2D eigenvalue weighted by molar-refractivity contribution is 5.85. The lowest BCUT2D eigenvalue weighted by molar-refractivity contribution is 0.0525. The minimum atomic E-state index is -0.404. The van der Waals surface area contributed by atoms with Crippen LogP contribution in [0, 0.1) is 5.92 Å². The fourth-order valence-corrected chi connectivity index (χ4v) is 1.65. The van der Waals surface area contributed by atoms with E-state index < -0.39 is 5.60 Å². The van der Waals surface area contributed by atoms with Gasteiger partial charge in [0.15, 0.2) is 0 Å². The molecule has 1 rings (SSSR count). The van der Waals surface area contributed by atoms with Crippen LogP contribution in [0.4, 0.5) is 4.79 Å². The van der Waals surface area contributed by atoms with Gasteiger partial charge >= 0.3 is 6.09 Å². The second kappa shape index (κ2) is 6.97. The quantitative estimate of drug-likeness (QED) is 0.805. The van der Waals surface area contributed by atoms with Crippen molar-refractivity contribution in [2.75, 3.05) is 19.6 Å². The fraction of sp³-hybridized carbons (Fsp3) is 0.909. The molecule has 1 aliphatic heterocycles. The maximum atomic E-state index is 11.3. The molecule has 0 spiro atoms. The molecule has 96 valence electrons. The summed E-state index contributed by atoms with van der Waals surface area (Å²) in [5.41, 5.74) is -0.404. The van der Waals surface area contributed by atoms with Crippen LogP contribution in [0.1, 0.15) is 33.6 Å². The van der Waals surface area contributed by atoms with E-state index >= 15 is 0 Å². The van der Waals surface area contributed by atoms with Crippen LogP contribution < -0.4 is 10.6 Å². The number of carbonyl (C=O) groups excluding carboxylic acids is 1. The van der Waals surface area contributed by atoms with Gasteiger partial charge in [-0.1, -0.05) is 0 Å². The first-order valence-corrected chi connectivity index (χ1v) is 5.65. The van der Waals surface area contributed by atoms with Crippen molar-refractivity contribution in [3.05, 3.63) is 0 Å². The average Bonchev–Trinajstić information content (AvgIpc) is 2.53. The molecular weight excluding hydrogens is 228 g/mol. The molecule has 1 fully saturated rings. The Balaban J connectivity index is 0.00000225. The third-order valence-electron chi connectivity index (χ3n) is 2.38. The van der Waals surface area contributed by atoms with E-state index in [2.05, 4.69) is 10.6 Å². The Morgan fingerprint density at radius 1 is 1.50 bits per heavy atom. The van der Waals surface area contributed by atoms with Gasteiger partial charge in [-0.15, -0.1) is 12.4 Å². The molecule has 4 nitrogen and oxygen atoms in total. The number of nitrogens with one attached hydrogen (secondary N) is 2. The van der Waals surface area contributed by atoms with E-state index in [-0.39, 0.29) is 18.5 Å². The largest absolute Gasteiger partial charge is 0.444 e. The Bertz CT molecular complexity index is 211. The van der Waals surface area contributed by atoms with E-state index in [1.807, 2.05) is 20.8 Å². The third kappa shape index (κ3) is 6.90. The van der Waals surface area contributed by atoms with Crippen LogP contribution in [-0.2, 0) is 4.74 Å². The molecule has 1 unspecified atom stereocenters. The molecular formula is C11H23ClN2O2. The standard InChI is InChI=1S/C11H22N2O2.ClH/c1-11(2,3)15-10(14)13-7-5-9-4-6-12-8-9;/h9,12H,4-8H2,1-3H3,(H,13,14);1H. The van der Waals surface area contributed by atoms with Gasteiger partial charge in [0, 0.05) is 6.54 Å². The molecule has 0 radical (unpaired) electrons. The van der Waals surface area contributed by atoms with Crippen molar-refractivity contribution in [3.63, 3.8) is 0 Å². The summed E-state index contributed by atoms with van der Waals surface area (Å²) >= 11 is 0. The lowest BCUT2D eigenvalue weighted by Gasteiger charge is -2.20. The van der Waals surface area contributed by atoms with Crippen LogP contribution in [0.15, 0.2) is 0 Å². The lowest BCUT2D eigenvalue weighted by atomic mass is 10.1. The Hall–Kier alpha value is -0.480. The topological polar surface area (TPSA) is 50.4 Å². The summed E-state index contributed by atoms with van der Waals surface area (Å²) in [4.78, 5) is 11.3. The van der Waals surface area contributed by atoms with Gasteiger partial charge in [-0.05, 0) is 52.6 Å². The van der Waals surface area contributed by atoms with Crippen LogP contribution in [0.5, 0.6) is 0 Å². The number of rotatable bonds is 3. The molecule has 1 saturated heterocycles. The van der Waals surface area contributed by atoms with Gasteiger partial charge in [-0.25, -0.2) is 4.79 Å². The second-order valence-corrected chi connectivity index (χ2v) is 5.08. The van der Waals surface area contributed by atoms with Crippen molar-refractivity contribution >= 4 is 18.5 Å². The van der Waals surface area contributed by atoms with E-state index in [1.54, 1.807) is 0 Å². The van der Waals surface area contributed by atoms with Crippen LogP contribution in [0.25, 0.3) is 0 Å². The maximum Gasteiger partial charge on any atom is 0.407 e. The van der Waals surface area contributed by atoms with Gasteiger partial charge in [-0.2, -0.15) is 0 Å². The summed E-state index contributed by atoms with van der Waals surface area (Å²) in [6, 6.07) is 0. The predicted molar refractivity (Wildman–Crippen MR) is 67.1 cm³/mol. The molecule has 16 heavy (non-hydrogen) atoms. The number of carbonyl (C=O) groups is 1. The zero-order valence-corrected chi connectivity index (χ0v) is 11.2. The highest BCUT2D eigenvalue weighted by Gasteiger charge is 2.17. The summed E-state index contributed by atoms with van der Waals surface area (Å²) in [6.45, 7) is 8.50. The smallest absolute Gasteiger partial charge is 0.407 e. The number of ether oxygens (including phenoxy) is 1. The van der Waals surface area contributed by atoms with Gasteiger partial charge in [0.1, 0.15) is 5.60 Å². The van der Waals surface area contributed by atoms with Crippen molar-refractivity contribution in [1.82, 2.24) is 10.6 Å². The zero-order valence-electron chi connectivity index (χ0n) is 10.3. The summed E-state index contributed by atoms with van der Waals surface area (Å²) < 4.78 is 5.14. The van der Waals surface area contributed by atoms with Crippen molar-refractivity contribution < 1.29 is 9.53 Å². The summed E-state index contributed by atoms with van der Waals surface area (Å²) in [5, 5.41) is 6.08. The predicted octanol–water partition coefficient (Wildman–Crippen LogP) is 1.93. The molecule has 0 aliphatic carbocycles. The SMILES string of the molecule is CC(C)(C)OC(=O)NCCC1CCNC1.Cl. The van der Waals surface area contributed by atoms with Gasteiger partial charge in [0.2, 0.25) is 0 Å². The highest BCUT2D eigenvalue weighted by atomic mass is 35.5. The van der Waals surface area contributed by atoms with Gasteiger partial charge in [0.05, 0.1) is 0 Å². The first kappa shape index (κ1) is 15.5. The van der Waals surface area contributed by atoms with Gasteiger partial charge in [0.25, 0.3) is 0 Å². The molecule has 1 heterocycles. The number of amides is 1. The molecule has 0 aromatic heterocycles. The summed E-state index contributed by atoms with van der Waals surface area (Å²) in [6.07, 6.45) is 1.94. The normalized spacial score (nSPS) is 20.1. The third-order valence-corrected chi connectivity index (χ3v) is 2.38. The average molecular weight is 251 g/mol. The monoisotopic (exact) mass is 250 g/mol. The Morgan fingerprint density at radius 3 is 2.69 bits per heavy atom. The van der Waals surface area contributed by atoms with E-state index in [0.717, 1.165) is 19.5 Å². The van der Waals surface area contributed by atoms with Crippen molar-refractivity contribution in [1.29, 1.82) is 0 Å². The minimum absolute atomic E-state index is 0. The van der Waals surface area contributed by atoms with Crippen LogP contribution in [-0.4, -0.2) is 31.3 Å². The molecule has 5 heteroatoms. The van der Waals surface area contributed by atoms with E-state index in [0.29, 0.717) is 12.5 Å². The number of halogens is 1. The summed E-state index contributed by atoms with van der Waals surface area (Å²) in [7, 11) is 0. The Morgan fingerprint density at radius 2 is 2.19 bits per heavy atom. The van der Waals surface area contributed by atoms with Crippen LogP contribution >= 0.6 is 12.4 Å². The highest BCUT2D eigenvalue weighted by Crippen LogP contribution is 2.11. The van der Waals surface area contributed by atoms with Crippen molar-refractivity contribution in [2.45, 2.75) is 39.2 Å². The molecule has 1 amide bonds. The van der Waals surface area contributed by atoms with E-state index in [4.69, 9.17) is 4.74 Å². The van der Waals surface area contributed by atoms with Crippen LogP contribution in [0.2, 0.25) is 0 Å². The first-order valence-electron chi connectivity index (χ1n) is 5.65. The molecule has 0 aromatic carbocycles. The van der Waals surface area contributed by atoms with Gasteiger partial charge in [-0.3, -0.25) is 0 Å². The van der Waals surface area contributed by atoms with Crippen molar-refractivity contribution in [3.8, 4) is 0 Å². The molecule has 1 atom stereocenters. The minimum Gasteiger partial charge on any atom is -0.444 e. The molecule has 0 aromatic rings. The zero-order chi connectivity index (χ0) is 11.3. The summed E-state index contributed by atoms with van der Waals surface area (Å²) in [5.74, 6) is 0.708. The van der Waals surface area contributed by atoms with Gasteiger partial charge < -0.3 is 15.4 Å².